The molecule has 0 fully saturated rings. The molecule has 1 rings (SSSR count). The van der Waals surface area contributed by atoms with Gasteiger partial charge in [-0.2, -0.15) is 0 Å². The maximum Gasteiger partial charge on any atom is 0.340 e. The normalized spacial score (nSPS) is 10.4. The summed E-state index contributed by atoms with van der Waals surface area (Å²) in [6.07, 6.45) is 2.89. The van der Waals surface area contributed by atoms with Gasteiger partial charge in [0.2, 0.25) is 11.9 Å². The molecule has 0 heterocycles. The molecule has 1 aromatic carbocycles. The van der Waals surface area contributed by atoms with Crippen LogP contribution in [-0.4, -0.2) is 42.2 Å². The van der Waals surface area contributed by atoms with E-state index in [1.165, 1.54) is 6.08 Å². The van der Waals surface area contributed by atoms with Crippen LogP contribution in [-0.2, 0) is 23.9 Å². The third-order valence-corrected chi connectivity index (χ3v) is 3.00. The molecule has 0 saturated carbocycles. The van der Waals surface area contributed by atoms with Crippen LogP contribution in [0.2, 0.25) is 0 Å². The van der Waals surface area contributed by atoms with E-state index >= 15 is 0 Å². The number of ether oxygens (including phenoxy) is 2. The second kappa shape index (κ2) is 10.9. The molecule has 7 nitrogen and oxygen atoms in total. The Labute approximate surface area is 151 Å². The summed E-state index contributed by atoms with van der Waals surface area (Å²) >= 11 is 4.95. The van der Waals surface area contributed by atoms with Crippen LogP contribution in [0, 0.1) is 0 Å². The Bertz CT molecular complexity index is 628. The van der Waals surface area contributed by atoms with Crippen molar-refractivity contribution in [2.75, 3.05) is 13.2 Å². The van der Waals surface area contributed by atoms with Gasteiger partial charge < -0.3 is 14.8 Å². The predicted molar refractivity (Wildman–Crippen MR) is 96.4 cm³/mol. The molecule has 0 bridgehead atoms. The maximum absolute atomic E-state index is 11.8. The standard InChI is InChI=1S/C17H20N2O5S/c1-3-23-15(21)14(16(22)24-4-2)19-17(25)18-13(20)11-10-12-8-6-5-7-9-12/h5-11,14H,3-4H2,1-2H3,(H2,18,19,20,25)/b11-10-. The number of rotatable bonds is 7. The first kappa shape index (κ1) is 20.3. The smallest absolute Gasteiger partial charge is 0.340 e. The number of hydrogen-bond acceptors (Lipinski definition) is 6. The predicted octanol–water partition coefficient (Wildman–Crippen LogP) is 1.19. The van der Waals surface area contributed by atoms with Crippen LogP contribution in [0.3, 0.4) is 0 Å². The summed E-state index contributed by atoms with van der Waals surface area (Å²) < 4.78 is 9.59. The third kappa shape index (κ3) is 7.58. The third-order valence-electron chi connectivity index (χ3n) is 2.78. The minimum absolute atomic E-state index is 0.0926. The summed E-state index contributed by atoms with van der Waals surface area (Å²) in [6, 6.07) is 7.77. The van der Waals surface area contributed by atoms with E-state index in [2.05, 4.69) is 10.6 Å². The zero-order chi connectivity index (χ0) is 18.7. The molecule has 0 aliphatic heterocycles. The van der Waals surface area contributed by atoms with Gasteiger partial charge in [0.05, 0.1) is 13.2 Å². The summed E-state index contributed by atoms with van der Waals surface area (Å²) in [5, 5.41) is 4.60. The van der Waals surface area contributed by atoms with Crippen LogP contribution >= 0.6 is 12.2 Å². The van der Waals surface area contributed by atoms with Crippen LogP contribution in [0.1, 0.15) is 19.4 Å². The highest BCUT2D eigenvalue weighted by atomic mass is 32.1. The van der Waals surface area contributed by atoms with Crippen molar-refractivity contribution in [2.45, 2.75) is 19.9 Å². The van der Waals surface area contributed by atoms with Crippen molar-refractivity contribution in [3.8, 4) is 0 Å². The van der Waals surface area contributed by atoms with E-state index in [9.17, 15) is 14.4 Å². The highest BCUT2D eigenvalue weighted by Crippen LogP contribution is 2.00. The number of carbonyl (C=O) groups excluding carboxylic acids is 3. The molecule has 1 aromatic rings. The van der Waals surface area contributed by atoms with Gasteiger partial charge in [0.25, 0.3) is 0 Å². The van der Waals surface area contributed by atoms with E-state index in [0.717, 1.165) is 5.56 Å². The van der Waals surface area contributed by atoms with Crippen LogP contribution in [0.15, 0.2) is 36.4 Å². The summed E-state index contributed by atoms with van der Waals surface area (Å²) in [7, 11) is 0. The van der Waals surface area contributed by atoms with Gasteiger partial charge in [-0.15, -0.1) is 0 Å². The highest BCUT2D eigenvalue weighted by molar-refractivity contribution is 7.80. The van der Waals surface area contributed by atoms with Crippen molar-refractivity contribution in [1.82, 2.24) is 10.6 Å². The fraction of sp³-hybridized carbons (Fsp3) is 0.294. The Morgan fingerprint density at radius 1 is 1.08 bits per heavy atom. The minimum Gasteiger partial charge on any atom is -0.464 e. The monoisotopic (exact) mass is 364 g/mol. The lowest BCUT2D eigenvalue weighted by Crippen LogP contribution is -2.52. The van der Waals surface area contributed by atoms with Crippen molar-refractivity contribution < 1.29 is 23.9 Å². The molecule has 0 saturated heterocycles. The van der Waals surface area contributed by atoms with Crippen molar-refractivity contribution in [2.24, 2.45) is 0 Å². The second-order valence-electron chi connectivity index (χ2n) is 4.64. The number of thiocarbonyl (C=S) groups is 1. The van der Waals surface area contributed by atoms with Gasteiger partial charge in [-0.25, -0.2) is 9.59 Å². The molecule has 25 heavy (non-hydrogen) atoms. The lowest BCUT2D eigenvalue weighted by atomic mass is 10.2. The summed E-state index contributed by atoms with van der Waals surface area (Å²) in [4.78, 5) is 35.5. The highest BCUT2D eigenvalue weighted by Gasteiger charge is 2.30. The SMILES string of the molecule is CCOC(=O)C(NC(=S)NC(=O)/C=C\c1ccccc1)C(=O)OCC. The lowest BCUT2D eigenvalue weighted by molar-refractivity contribution is -0.157. The molecule has 0 aliphatic rings. The number of carbonyl (C=O) groups is 3. The molecule has 0 spiro atoms. The first-order valence-corrected chi connectivity index (χ1v) is 8.06. The zero-order valence-corrected chi connectivity index (χ0v) is 14.8. The topological polar surface area (TPSA) is 93.7 Å². The van der Waals surface area contributed by atoms with Crippen molar-refractivity contribution in [3.05, 3.63) is 42.0 Å². The molecule has 0 radical (unpaired) electrons. The van der Waals surface area contributed by atoms with Gasteiger partial charge in [-0.1, -0.05) is 30.3 Å². The molecule has 1 amide bonds. The Kier molecular flexibility index (Phi) is 8.87. The molecule has 134 valence electrons. The number of hydrogen-bond donors (Lipinski definition) is 2. The van der Waals surface area contributed by atoms with Crippen molar-refractivity contribution in [1.29, 1.82) is 0 Å². The number of benzene rings is 1. The summed E-state index contributed by atoms with van der Waals surface area (Å²) in [6.45, 7) is 3.40. The first-order valence-electron chi connectivity index (χ1n) is 7.65. The van der Waals surface area contributed by atoms with E-state index in [1.807, 2.05) is 30.3 Å². The molecular weight excluding hydrogens is 344 g/mol. The fourth-order valence-corrected chi connectivity index (χ4v) is 1.94. The van der Waals surface area contributed by atoms with Gasteiger partial charge in [-0.05, 0) is 37.7 Å². The molecule has 0 atom stereocenters. The quantitative estimate of drug-likeness (QED) is 0.325. The van der Waals surface area contributed by atoms with Crippen molar-refractivity contribution >= 4 is 41.3 Å². The molecule has 0 aliphatic carbocycles. The molecule has 0 unspecified atom stereocenters. The van der Waals surface area contributed by atoms with Gasteiger partial charge in [0, 0.05) is 6.08 Å². The van der Waals surface area contributed by atoms with E-state index in [4.69, 9.17) is 21.7 Å². The van der Waals surface area contributed by atoms with E-state index in [1.54, 1.807) is 19.9 Å². The van der Waals surface area contributed by atoms with Gasteiger partial charge in [-0.3, -0.25) is 10.1 Å². The largest absolute Gasteiger partial charge is 0.464 e. The van der Waals surface area contributed by atoms with Crippen LogP contribution < -0.4 is 10.6 Å². The minimum atomic E-state index is -1.44. The number of esters is 2. The van der Waals surface area contributed by atoms with Gasteiger partial charge in [0.15, 0.2) is 5.11 Å². The molecule has 0 aromatic heterocycles. The number of amides is 1. The average Bonchev–Trinajstić information content (AvgIpc) is 2.59. The van der Waals surface area contributed by atoms with Gasteiger partial charge >= 0.3 is 11.9 Å². The lowest BCUT2D eigenvalue weighted by Gasteiger charge is -2.17. The molecular formula is C17H20N2O5S. The van der Waals surface area contributed by atoms with E-state index in [0.29, 0.717) is 0 Å². The Morgan fingerprint density at radius 3 is 2.16 bits per heavy atom. The summed E-state index contributed by atoms with van der Waals surface area (Å²) in [5.74, 6) is -2.18. The fourth-order valence-electron chi connectivity index (χ4n) is 1.72. The van der Waals surface area contributed by atoms with Gasteiger partial charge in [0.1, 0.15) is 0 Å². The van der Waals surface area contributed by atoms with Crippen LogP contribution in [0.25, 0.3) is 6.08 Å². The maximum atomic E-state index is 11.8. The number of nitrogens with one attached hydrogen (secondary N) is 2. The Morgan fingerprint density at radius 2 is 1.64 bits per heavy atom. The average molecular weight is 364 g/mol. The molecule has 8 heteroatoms. The van der Waals surface area contributed by atoms with E-state index in [-0.39, 0.29) is 18.3 Å². The summed E-state index contributed by atoms with van der Waals surface area (Å²) in [5.41, 5.74) is 0.840. The van der Waals surface area contributed by atoms with Crippen LogP contribution in [0.4, 0.5) is 0 Å². The second-order valence-corrected chi connectivity index (χ2v) is 5.05. The molecule has 2 N–H and O–H groups in total. The Balaban J connectivity index is 2.63. The van der Waals surface area contributed by atoms with Crippen molar-refractivity contribution in [3.63, 3.8) is 0 Å². The van der Waals surface area contributed by atoms with E-state index < -0.39 is 23.9 Å². The first-order chi connectivity index (χ1) is 12.0. The zero-order valence-electron chi connectivity index (χ0n) is 14.0. The van der Waals surface area contributed by atoms with Crippen LogP contribution in [0.5, 0.6) is 0 Å². The Hall–Kier alpha value is -2.74.